The zero-order valence-corrected chi connectivity index (χ0v) is 7.57. The van der Waals surface area contributed by atoms with Gasteiger partial charge in [-0.3, -0.25) is 0 Å². The first-order valence-electron chi connectivity index (χ1n) is 3.86. The van der Waals surface area contributed by atoms with E-state index < -0.39 is 29.4 Å². The smallest absolute Gasteiger partial charge is 0.384 e. The van der Waals surface area contributed by atoms with Gasteiger partial charge in [-0.05, 0) is 13.0 Å². The van der Waals surface area contributed by atoms with Crippen LogP contribution in [0, 0.1) is 6.92 Å². The summed E-state index contributed by atoms with van der Waals surface area (Å²) < 4.78 is 61.8. The molecule has 0 unspecified atom stereocenters. The van der Waals surface area contributed by atoms with Gasteiger partial charge in [-0.15, -0.1) is 0 Å². The van der Waals surface area contributed by atoms with Gasteiger partial charge in [0, 0.05) is 5.56 Å². The molecule has 0 fully saturated rings. The van der Waals surface area contributed by atoms with E-state index >= 15 is 0 Å². The molecule has 0 atom stereocenters. The van der Waals surface area contributed by atoms with Crippen LogP contribution in [0.15, 0.2) is 6.07 Å². The monoisotopic (exact) mass is 226 g/mol. The minimum absolute atomic E-state index is 0.351. The third kappa shape index (κ3) is 2.34. The summed E-state index contributed by atoms with van der Waals surface area (Å²) in [6, 6.07) is 0.542. The van der Waals surface area contributed by atoms with Gasteiger partial charge in [0.1, 0.15) is 5.82 Å². The number of hydrogen-bond acceptors (Lipinski definition) is 2. The van der Waals surface area contributed by atoms with E-state index in [2.05, 4.69) is 4.98 Å². The van der Waals surface area contributed by atoms with E-state index in [1.165, 1.54) is 0 Å². The molecule has 7 heteroatoms. The lowest BCUT2D eigenvalue weighted by Gasteiger charge is -2.14. The fraction of sp³-hybridized carbons (Fsp3) is 0.375. The molecule has 1 aromatic heterocycles. The highest BCUT2D eigenvalue weighted by molar-refractivity contribution is 5.43. The minimum Gasteiger partial charge on any atom is -0.384 e. The lowest BCUT2D eigenvalue weighted by Crippen LogP contribution is -2.14. The number of rotatable bonds is 1. The molecular weight excluding hydrogens is 219 g/mol. The van der Waals surface area contributed by atoms with Crippen LogP contribution >= 0.6 is 0 Å². The highest BCUT2D eigenvalue weighted by atomic mass is 19.4. The predicted octanol–water partition coefficient (Wildman–Crippen LogP) is 2.93. The van der Waals surface area contributed by atoms with Gasteiger partial charge in [-0.25, -0.2) is 13.8 Å². The second-order valence-corrected chi connectivity index (χ2v) is 2.90. The molecule has 15 heavy (non-hydrogen) atoms. The minimum atomic E-state index is -4.85. The van der Waals surface area contributed by atoms with Gasteiger partial charge in [0.25, 0.3) is 6.43 Å². The average Bonchev–Trinajstić information content (AvgIpc) is 1.99. The summed E-state index contributed by atoms with van der Waals surface area (Å²) in [5.41, 5.74) is 2.01. The van der Waals surface area contributed by atoms with E-state index in [0.717, 1.165) is 6.92 Å². The molecule has 2 N–H and O–H groups in total. The van der Waals surface area contributed by atoms with Crippen LogP contribution in [-0.4, -0.2) is 4.98 Å². The van der Waals surface area contributed by atoms with Crippen molar-refractivity contribution in [2.24, 2.45) is 0 Å². The van der Waals surface area contributed by atoms with Gasteiger partial charge in [0.05, 0.1) is 11.3 Å². The molecule has 1 aromatic rings. The maximum absolute atomic E-state index is 12.4. The Morgan fingerprint density at radius 3 is 2.27 bits per heavy atom. The maximum atomic E-state index is 12.4. The normalized spacial score (nSPS) is 12.2. The first-order valence-corrected chi connectivity index (χ1v) is 3.86. The fourth-order valence-electron chi connectivity index (χ4n) is 1.26. The van der Waals surface area contributed by atoms with Gasteiger partial charge in [0.2, 0.25) is 0 Å². The number of halogens is 5. The Bertz CT molecular complexity index is 372. The summed E-state index contributed by atoms with van der Waals surface area (Å²) in [5.74, 6) is -0.351. The number of nitrogens with two attached hydrogens (primary N) is 1. The van der Waals surface area contributed by atoms with E-state index in [0.29, 0.717) is 6.07 Å². The molecule has 0 aliphatic carbocycles. The SMILES string of the molecule is Cc1nc(N)cc(C(F)F)c1C(F)(F)F. The highest BCUT2D eigenvalue weighted by Gasteiger charge is 2.38. The van der Waals surface area contributed by atoms with Crippen molar-refractivity contribution in [2.45, 2.75) is 19.5 Å². The van der Waals surface area contributed by atoms with Crippen molar-refractivity contribution in [3.05, 3.63) is 22.9 Å². The van der Waals surface area contributed by atoms with E-state index in [1.54, 1.807) is 0 Å². The van der Waals surface area contributed by atoms with E-state index in [9.17, 15) is 22.0 Å². The molecule has 0 aromatic carbocycles. The lowest BCUT2D eigenvalue weighted by atomic mass is 10.1. The van der Waals surface area contributed by atoms with Crippen LogP contribution < -0.4 is 5.73 Å². The van der Waals surface area contributed by atoms with Crippen LogP contribution in [-0.2, 0) is 6.18 Å². The number of aryl methyl sites for hydroxylation is 1. The summed E-state index contributed by atoms with van der Waals surface area (Å²) in [6.07, 6.45) is -8.08. The zero-order chi connectivity index (χ0) is 11.8. The molecule has 2 nitrogen and oxygen atoms in total. The summed E-state index contributed by atoms with van der Waals surface area (Å²) in [4.78, 5) is 3.31. The van der Waals surface area contributed by atoms with Crippen LogP contribution in [0.2, 0.25) is 0 Å². The fourth-order valence-corrected chi connectivity index (χ4v) is 1.26. The van der Waals surface area contributed by atoms with E-state index in [4.69, 9.17) is 5.73 Å². The molecule has 0 saturated heterocycles. The number of pyridine rings is 1. The third-order valence-corrected chi connectivity index (χ3v) is 1.77. The standard InChI is InChI=1S/C8H7F5N2/c1-3-6(8(11,12)13)4(7(9)10)2-5(14)15-3/h2,7H,1H3,(H2,14,15). The van der Waals surface area contributed by atoms with Gasteiger partial charge in [-0.1, -0.05) is 0 Å². The molecule has 0 saturated carbocycles. The Morgan fingerprint density at radius 1 is 1.33 bits per heavy atom. The topological polar surface area (TPSA) is 38.9 Å². The number of nitrogen functional groups attached to an aromatic ring is 1. The molecule has 0 amide bonds. The molecule has 0 spiro atoms. The maximum Gasteiger partial charge on any atom is 0.418 e. The Hall–Kier alpha value is -1.40. The van der Waals surface area contributed by atoms with Crippen molar-refractivity contribution in [3.63, 3.8) is 0 Å². The predicted molar refractivity (Wildman–Crippen MR) is 43.3 cm³/mol. The van der Waals surface area contributed by atoms with Crippen molar-refractivity contribution in [2.75, 3.05) is 5.73 Å². The van der Waals surface area contributed by atoms with E-state index in [-0.39, 0.29) is 5.82 Å². The molecule has 0 aliphatic heterocycles. The van der Waals surface area contributed by atoms with Gasteiger partial charge in [0.15, 0.2) is 0 Å². The van der Waals surface area contributed by atoms with Crippen LogP contribution in [0.4, 0.5) is 27.8 Å². The summed E-state index contributed by atoms with van der Waals surface area (Å²) in [6.45, 7) is 0.991. The molecule has 0 radical (unpaired) electrons. The van der Waals surface area contributed by atoms with Gasteiger partial charge in [-0.2, -0.15) is 13.2 Å². The number of aromatic nitrogens is 1. The Morgan fingerprint density at radius 2 is 1.87 bits per heavy atom. The molecule has 1 rings (SSSR count). The van der Waals surface area contributed by atoms with Crippen molar-refractivity contribution < 1.29 is 22.0 Å². The Labute approximate surface area is 81.9 Å². The molecule has 0 bridgehead atoms. The lowest BCUT2D eigenvalue weighted by molar-refractivity contribution is -0.140. The zero-order valence-electron chi connectivity index (χ0n) is 7.57. The quantitative estimate of drug-likeness (QED) is 0.747. The number of hydrogen-bond donors (Lipinski definition) is 1. The first kappa shape index (κ1) is 11.7. The van der Waals surface area contributed by atoms with Crippen molar-refractivity contribution in [1.82, 2.24) is 4.98 Å². The Balaban J connectivity index is 3.48. The summed E-state index contributed by atoms with van der Waals surface area (Å²) in [7, 11) is 0. The molecular formula is C8H7F5N2. The average molecular weight is 226 g/mol. The number of alkyl halides is 5. The highest BCUT2D eigenvalue weighted by Crippen LogP contribution is 2.38. The number of anilines is 1. The number of nitrogens with zero attached hydrogens (tertiary/aromatic N) is 1. The third-order valence-electron chi connectivity index (χ3n) is 1.77. The summed E-state index contributed by atoms with van der Waals surface area (Å²) in [5, 5.41) is 0. The molecule has 84 valence electrons. The molecule has 1 heterocycles. The van der Waals surface area contributed by atoms with Crippen molar-refractivity contribution in [3.8, 4) is 0 Å². The molecule has 0 aliphatic rings. The van der Waals surface area contributed by atoms with E-state index in [1.807, 2.05) is 0 Å². The van der Waals surface area contributed by atoms with Gasteiger partial charge >= 0.3 is 6.18 Å². The van der Waals surface area contributed by atoms with Crippen LogP contribution in [0.25, 0.3) is 0 Å². The second kappa shape index (κ2) is 3.63. The van der Waals surface area contributed by atoms with Crippen molar-refractivity contribution >= 4 is 5.82 Å². The first-order chi connectivity index (χ1) is 6.73. The second-order valence-electron chi connectivity index (χ2n) is 2.90. The largest absolute Gasteiger partial charge is 0.418 e. The Kier molecular flexibility index (Phi) is 2.83. The summed E-state index contributed by atoms with van der Waals surface area (Å²) >= 11 is 0. The van der Waals surface area contributed by atoms with Gasteiger partial charge < -0.3 is 5.73 Å². The van der Waals surface area contributed by atoms with Crippen molar-refractivity contribution in [1.29, 1.82) is 0 Å². The van der Waals surface area contributed by atoms with Crippen LogP contribution in [0.1, 0.15) is 23.2 Å². The van der Waals surface area contributed by atoms with Crippen LogP contribution in [0.5, 0.6) is 0 Å². The van der Waals surface area contributed by atoms with Crippen LogP contribution in [0.3, 0.4) is 0 Å².